The second-order valence-electron chi connectivity index (χ2n) is 6.50. The molecular weight excluding hydrogens is 383 g/mol. The molecule has 28 heavy (non-hydrogen) atoms. The Morgan fingerprint density at radius 3 is 2.36 bits per heavy atom. The fraction of sp³-hybridized carbons (Fsp3) is 0.778. The van der Waals surface area contributed by atoms with Crippen molar-refractivity contribution in [2.24, 2.45) is 5.92 Å². The smallest absolute Gasteiger partial charge is 0.480 e. The number of carbonyl (C=O) groups is 2. The van der Waals surface area contributed by atoms with Crippen LogP contribution >= 0.6 is 0 Å². The first-order chi connectivity index (χ1) is 13.0. The van der Waals surface area contributed by atoms with Gasteiger partial charge >= 0.3 is 18.1 Å². The largest absolute Gasteiger partial charge is 0.490 e. The van der Waals surface area contributed by atoms with Crippen molar-refractivity contribution < 1.29 is 42.4 Å². The Morgan fingerprint density at radius 1 is 1.29 bits per heavy atom. The van der Waals surface area contributed by atoms with E-state index in [0.29, 0.717) is 6.61 Å². The molecule has 1 rings (SSSR count). The highest BCUT2D eigenvalue weighted by Gasteiger charge is 2.38. The van der Waals surface area contributed by atoms with Gasteiger partial charge in [-0.3, -0.25) is 10.1 Å². The Labute approximate surface area is 162 Å². The summed E-state index contributed by atoms with van der Waals surface area (Å²) >= 11 is 0. The standard InChI is InChI=1S/C16H29NO4.C2HF3O2/c1-4-5-6-7-8-9-13-15(17-10-14(18)19)16(20-3)12(2)11-21-13;3-2(4,5)1(6)7/h8-9,12-13,15-17H,4-7,10-11H2,1-3H3,(H,18,19);(H,6,7)/b9-8-;/t12-,13-,15-,16-;/m0./s1. The number of methoxy groups -OCH3 is 1. The summed E-state index contributed by atoms with van der Waals surface area (Å²) in [5.74, 6) is -3.38. The number of hydrogen-bond acceptors (Lipinski definition) is 5. The lowest BCUT2D eigenvalue weighted by Gasteiger charge is -2.40. The summed E-state index contributed by atoms with van der Waals surface area (Å²) in [6.07, 6.45) is 3.58. The molecule has 0 amide bonds. The number of ether oxygens (including phenoxy) is 2. The molecule has 0 bridgehead atoms. The number of hydrogen-bond donors (Lipinski definition) is 3. The van der Waals surface area contributed by atoms with Gasteiger partial charge in [0.05, 0.1) is 31.4 Å². The molecule has 0 saturated carbocycles. The van der Waals surface area contributed by atoms with Gasteiger partial charge in [-0.1, -0.05) is 38.8 Å². The van der Waals surface area contributed by atoms with Gasteiger partial charge in [-0.25, -0.2) is 4.79 Å². The van der Waals surface area contributed by atoms with Crippen LogP contribution in [-0.2, 0) is 19.1 Å². The van der Waals surface area contributed by atoms with Crippen molar-refractivity contribution >= 4 is 11.9 Å². The maximum Gasteiger partial charge on any atom is 0.490 e. The lowest BCUT2D eigenvalue weighted by Crippen LogP contribution is -2.57. The summed E-state index contributed by atoms with van der Waals surface area (Å²) in [5, 5.41) is 19.0. The topological polar surface area (TPSA) is 105 Å². The van der Waals surface area contributed by atoms with Gasteiger partial charge in [-0.15, -0.1) is 0 Å². The van der Waals surface area contributed by atoms with E-state index in [1.165, 1.54) is 19.3 Å². The number of carboxylic acids is 2. The fourth-order valence-corrected chi connectivity index (χ4v) is 2.74. The zero-order valence-corrected chi connectivity index (χ0v) is 16.4. The molecule has 7 nitrogen and oxygen atoms in total. The van der Waals surface area contributed by atoms with Crippen LogP contribution in [0.5, 0.6) is 0 Å². The van der Waals surface area contributed by atoms with Gasteiger partial charge in [0.2, 0.25) is 0 Å². The van der Waals surface area contributed by atoms with Gasteiger partial charge in [0.15, 0.2) is 0 Å². The van der Waals surface area contributed by atoms with Crippen LogP contribution in [0.1, 0.15) is 39.5 Å². The van der Waals surface area contributed by atoms with Gasteiger partial charge < -0.3 is 19.7 Å². The molecule has 1 saturated heterocycles. The molecule has 0 unspecified atom stereocenters. The van der Waals surface area contributed by atoms with Crippen LogP contribution in [0.25, 0.3) is 0 Å². The van der Waals surface area contributed by atoms with Crippen LogP contribution in [-0.4, -0.2) is 66.8 Å². The third-order valence-corrected chi connectivity index (χ3v) is 4.12. The zero-order valence-electron chi connectivity index (χ0n) is 16.4. The maximum atomic E-state index is 10.8. The Balaban J connectivity index is 0.000000887. The molecule has 10 heteroatoms. The van der Waals surface area contributed by atoms with Crippen LogP contribution in [0.15, 0.2) is 12.2 Å². The molecule has 0 aromatic heterocycles. The number of rotatable bonds is 9. The molecule has 1 aliphatic rings. The van der Waals surface area contributed by atoms with Crippen LogP contribution in [0.2, 0.25) is 0 Å². The number of alkyl halides is 3. The molecule has 1 aliphatic heterocycles. The number of allylic oxidation sites excluding steroid dienone is 1. The van der Waals surface area contributed by atoms with Crippen molar-refractivity contribution in [3.05, 3.63) is 12.2 Å². The third-order valence-electron chi connectivity index (χ3n) is 4.12. The second-order valence-corrected chi connectivity index (χ2v) is 6.50. The van der Waals surface area contributed by atoms with Crippen molar-refractivity contribution in [3.63, 3.8) is 0 Å². The summed E-state index contributed by atoms with van der Waals surface area (Å²) in [6.45, 7) is 4.80. The van der Waals surface area contributed by atoms with Crippen molar-refractivity contribution in [1.82, 2.24) is 5.32 Å². The maximum absolute atomic E-state index is 10.8. The number of carboxylic acid groups (broad SMARTS) is 2. The average molecular weight is 413 g/mol. The van der Waals surface area contributed by atoms with E-state index in [1.54, 1.807) is 7.11 Å². The Morgan fingerprint density at radius 2 is 1.89 bits per heavy atom. The van der Waals surface area contributed by atoms with E-state index in [-0.39, 0.29) is 30.7 Å². The molecule has 0 radical (unpaired) electrons. The highest BCUT2D eigenvalue weighted by Crippen LogP contribution is 2.23. The van der Waals surface area contributed by atoms with Gasteiger partial charge in [-0.2, -0.15) is 13.2 Å². The first-order valence-electron chi connectivity index (χ1n) is 9.10. The van der Waals surface area contributed by atoms with Gasteiger partial charge in [-0.05, 0) is 12.8 Å². The van der Waals surface area contributed by atoms with E-state index < -0.39 is 18.1 Å². The zero-order chi connectivity index (χ0) is 21.7. The summed E-state index contributed by atoms with van der Waals surface area (Å²) in [7, 11) is 1.67. The first kappa shape index (κ1) is 26.4. The Hall–Kier alpha value is -1.65. The Bertz CT molecular complexity index is 498. The van der Waals surface area contributed by atoms with E-state index in [4.69, 9.17) is 24.5 Å². The number of unbranched alkanes of at least 4 members (excludes halogenated alkanes) is 3. The van der Waals surface area contributed by atoms with Crippen molar-refractivity contribution in [3.8, 4) is 0 Å². The molecule has 164 valence electrons. The van der Waals surface area contributed by atoms with Crippen LogP contribution in [0.4, 0.5) is 13.2 Å². The molecule has 0 aliphatic carbocycles. The second kappa shape index (κ2) is 13.5. The fourth-order valence-electron chi connectivity index (χ4n) is 2.74. The van der Waals surface area contributed by atoms with Gasteiger partial charge in [0.1, 0.15) is 0 Å². The number of nitrogens with one attached hydrogen (secondary N) is 1. The van der Waals surface area contributed by atoms with Crippen LogP contribution < -0.4 is 5.32 Å². The van der Waals surface area contributed by atoms with Gasteiger partial charge in [0.25, 0.3) is 0 Å². The highest BCUT2D eigenvalue weighted by molar-refractivity contribution is 5.73. The van der Waals surface area contributed by atoms with Gasteiger partial charge in [0, 0.05) is 13.0 Å². The molecule has 1 fully saturated rings. The lowest BCUT2D eigenvalue weighted by molar-refractivity contribution is -0.192. The highest BCUT2D eigenvalue weighted by atomic mass is 19.4. The Kier molecular flexibility index (Phi) is 12.7. The number of halogens is 3. The van der Waals surface area contributed by atoms with Crippen molar-refractivity contribution in [1.29, 1.82) is 0 Å². The van der Waals surface area contributed by atoms with E-state index in [1.807, 2.05) is 6.08 Å². The summed E-state index contributed by atoms with van der Waals surface area (Å²) in [6, 6.07) is -0.128. The quantitative estimate of drug-likeness (QED) is 0.394. The molecule has 0 aromatic rings. The molecular formula is C18H30F3NO6. The third kappa shape index (κ3) is 10.6. The van der Waals surface area contributed by atoms with Crippen molar-refractivity contribution in [2.45, 2.75) is 64.0 Å². The van der Waals surface area contributed by atoms with E-state index in [0.717, 1.165) is 6.42 Å². The molecule has 1 heterocycles. The summed E-state index contributed by atoms with van der Waals surface area (Å²) in [5.41, 5.74) is 0. The first-order valence-corrected chi connectivity index (χ1v) is 9.10. The van der Waals surface area contributed by atoms with E-state index in [2.05, 4.69) is 25.2 Å². The minimum atomic E-state index is -5.08. The SMILES string of the molecule is CCCCC/C=C\[C@@H]1OC[C@H](C)[C@H](OC)[C@H]1NCC(=O)O.O=C(O)C(F)(F)F. The summed E-state index contributed by atoms with van der Waals surface area (Å²) in [4.78, 5) is 19.7. The predicted octanol–water partition coefficient (Wildman–Crippen LogP) is 2.85. The monoisotopic (exact) mass is 413 g/mol. The van der Waals surface area contributed by atoms with Crippen molar-refractivity contribution in [2.75, 3.05) is 20.3 Å². The van der Waals surface area contributed by atoms with Crippen LogP contribution in [0, 0.1) is 5.92 Å². The van der Waals surface area contributed by atoms with Crippen LogP contribution in [0.3, 0.4) is 0 Å². The molecule has 0 aromatic carbocycles. The molecule has 4 atom stereocenters. The minimum absolute atomic E-state index is 0.0385. The average Bonchev–Trinajstić information content (AvgIpc) is 2.60. The molecule has 0 spiro atoms. The lowest BCUT2D eigenvalue weighted by atomic mass is 9.90. The van der Waals surface area contributed by atoms with E-state index >= 15 is 0 Å². The van der Waals surface area contributed by atoms with E-state index in [9.17, 15) is 18.0 Å². The molecule has 3 N–H and O–H groups in total. The normalized spacial score (nSPS) is 25.2. The number of aliphatic carboxylic acids is 2. The predicted molar refractivity (Wildman–Crippen MR) is 96.1 cm³/mol. The minimum Gasteiger partial charge on any atom is -0.480 e. The summed E-state index contributed by atoms with van der Waals surface area (Å²) < 4.78 is 43.1.